The molecule has 1 aliphatic rings. The second-order valence-electron chi connectivity index (χ2n) is 6.41. The SMILES string of the molecule is CCc1nncn1CCNC(=NCCc1cccs1)NC1CCCC1.I. The van der Waals surface area contributed by atoms with Gasteiger partial charge in [0.15, 0.2) is 5.96 Å². The van der Waals surface area contributed by atoms with Crippen LogP contribution in [0.2, 0.25) is 0 Å². The summed E-state index contributed by atoms with van der Waals surface area (Å²) in [5.74, 6) is 1.97. The Labute approximate surface area is 176 Å². The van der Waals surface area contributed by atoms with Crippen LogP contribution < -0.4 is 10.6 Å². The third-order valence-corrected chi connectivity index (χ3v) is 5.50. The van der Waals surface area contributed by atoms with E-state index in [-0.39, 0.29) is 24.0 Å². The maximum absolute atomic E-state index is 4.78. The van der Waals surface area contributed by atoms with E-state index in [0.717, 1.165) is 44.3 Å². The van der Waals surface area contributed by atoms with Crippen LogP contribution in [0.25, 0.3) is 0 Å². The summed E-state index contributed by atoms with van der Waals surface area (Å²) >= 11 is 1.80. The zero-order valence-electron chi connectivity index (χ0n) is 15.4. The van der Waals surface area contributed by atoms with Gasteiger partial charge >= 0.3 is 0 Å². The molecule has 2 heterocycles. The molecule has 26 heavy (non-hydrogen) atoms. The summed E-state index contributed by atoms with van der Waals surface area (Å²) in [5.41, 5.74) is 0. The molecule has 0 aromatic carbocycles. The molecule has 0 atom stereocenters. The summed E-state index contributed by atoms with van der Waals surface area (Å²) < 4.78 is 2.10. The average molecular weight is 488 g/mol. The first kappa shape index (κ1) is 21.1. The molecule has 3 rings (SSSR count). The Morgan fingerprint density at radius 2 is 2.23 bits per heavy atom. The number of nitrogens with zero attached hydrogens (tertiary/aromatic N) is 4. The summed E-state index contributed by atoms with van der Waals surface area (Å²) in [6.45, 7) is 4.59. The van der Waals surface area contributed by atoms with Crippen LogP contribution in [0.15, 0.2) is 28.8 Å². The number of aryl methyl sites for hydroxylation is 1. The first-order valence-corrected chi connectivity index (χ1v) is 10.2. The van der Waals surface area contributed by atoms with Crippen LogP contribution in [0.3, 0.4) is 0 Å². The molecular formula is C18H29IN6S. The maximum atomic E-state index is 4.78. The second kappa shape index (κ2) is 11.5. The summed E-state index contributed by atoms with van der Waals surface area (Å²) in [4.78, 5) is 6.17. The van der Waals surface area contributed by atoms with Crippen molar-refractivity contribution in [2.24, 2.45) is 4.99 Å². The van der Waals surface area contributed by atoms with Gasteiger partial charge in [-0.15, -0.1) is 45.5 Å². The number of rotatable bonds is 8. The van der Waals surface area contributed by atoms with Crippen LogP contribution >= 0.6 is 35.3 Å². The summed E-state index contributed by atoms with van der Waals surface area (Å²) in [5, 5.41) is 17.3. The quantitative estimate of drug-likeness (QED) is 0.340. The van der Waals surface area contributed by atoms with Crippen molar-refractivity contribution in [2.75, 3.05) is 13.1 Å². The van der Waals surface area contributed by atoms with Gasteiger partial charge in [0.1, 0.15) is 12.2 Å². The highest BCUT2D eigenvalue weighted by atomic mass is 127. The highest BCUT2D eigenvalue weighted by Gasteiger charge is 2.16. The standard InChI is InChI=1S/C18H28N6S.HI/c1-2-17-23-21-14-24(17)12-11-20-18(22-15-6-3-4-7-15)19-10-9-16-8-5-13-25-16;/h5,8,13-15H,2-4,6-7,9-12H2,1H3,(H2,19,20,22);1H. The lowest BCUT2D eigenvalue weighted by molar-refractivity contribution is 0.593. The van der Waals surface area contributed by atoms with Gasteiger partial charge in [0.05, 0.1) is 0 Å². The third kappa shape index (κ3) is 6.53. The Balaban J connectivity index is 0.00000243. The Morgan fingerprint density at radius 1 is 1.38 bits per heavy atom. The van der Waals surface area contributed by atoms with Gasteiger partial charge in [-0.1, -0.05) is 25.8 Å². The van der Waals surface area contributed by atoms with E-state index < -0.39 is 0 Å². The van der Waals surface area contributed by atoms with Crippen molar-refractivity contribution in [1.29, 1.82) is 0 Å². The minimum atomic E-state index is 0. The molecule has 8 heteroatoms. The normalized spacial score (nSPS) is 15.0. The fourth-order valence-corrected chi connectivity index (χ4v) is 3.88. The lowest BCUT2D eigenvalue weighted by Crippen LogP contribution is -2.43. The minimum Gasteiger partial charge on any atom is -0.355 e. The zero-order chi connectivity index (χ0) is 17.3. The van der Waals surface area contributed by atoms with Gasteiger partial charge in [0.2, 0.25) is 0 Å². The van der Waals surface area contributed by atoms with E-state index in [2.05, 4.69) is 49.8 Å². The molecule has 0 amide bonds. The van der Waals surface area contributed by atoms with Crippen LogP contribution in [0.4, 0.5) is 0 Å². The van der Waals surface area contributed by atoms with Crippen LogP contribution in [-0.2, 0) is 19.4 Å². The highest BCUT2D eigenvalue weighted by molar-refractivity contribution is 14.0. The second-order valence-corrected chi connectivity index (χ2v) is 7.44. The van der Waals surface area contributed by atoms with E-state index in [1.54, 1.807) is 17.7 Å². The van der Waals surface area contributed by atoms with Gasteiger partial charge < -0.3 is 15.2 Å². The molecule has 0 aliphatic heterocycles. The van der Waals surface area contributed by atoms with Crippen molar-refractivity contribution in [3.05, 3.63) is 34.5 Å². The van der Waals surface area contributed by atoms with Gasteiger partial charge in [-0.05, 0) is 24.3 Å². The lowest BCUT2D eigenvalue weighted by Gasteiger charge is -2.17. The Hall–Kier alpha value is -1.16. The molecule has 1 saturated carbocycles. The Kier molecular flexibility index (Phi) is 9.38. The summed E-state index contributed by atoms with van der Waals surface area (Å²) in [7, 11) is 0. The smallest absolute Gasteiger partial charge is 0.191 e. The van der Waals surface area contributed by atoms with Crippen molar-refractivity contribution in [2.45, 2.75) is 58.0 Å². The number of hydrogen-bond donors (Lipinski definition) is 2. The topological polar surface area (TPSA) is 67.1 Å². The Bertz CT molecular complexity index is 648. The number of halogens is 1. The summed E-state index contributed by atoms with van der Waals surface area (Å²) in [6.07, 6.45) is 8.84. The van der Waals surface area contributed by atoms with Crippen LogP contribution in [0, 0.1) is 0 Å². The molecule has 0 saturated heterocycles. The van der Waals surface area contributed by atoms with Crippen molar-refractivity contribution in [1.82, 2.24) is 25.4 Å². The molecule has 2 aromatic heterocycles. The first-order chi connectivity index (χ1) is 12.3. The largest absolute Gasteiger partial charge is 0.355 e. The molecular weight excluding hydrogens is 459 g/mol. The van der Waals surface area contributed by atoms with E-state index in [1.165, 1.54) is 30.6 Å². The number of nitrogens with one attached hydrogen (secondary N) is 2. The minimum absolute atomic E-state index is 0. The van der Waals surface area contributed by atoms with Crippen molar-refractivity contribution < 1.29 is 0 Å². The molecule has 0 radical (unpaired) electrons. The van der Waals surface area contributed by atoms with Crippen molar-refractivity contribution in [3.8, 4) is 0 Å². The number of thiophene rings is 1. The zero-order valence-corrected chi connectivity index (χ0v) is 18.5. The van der Waals surface area contributed by atoms with Gasteiger partial charge in [-0.3, -0.25) is 4.99 Å². The van der Waals surface area contributed by atoms with Crippen LogP contribution in [0.5, 0.6) is 0 Å². The fourth-order valence-electron chi connectivity index (χ4n) is 3.18. The summed E-state index contributed by atoms with van der Waals surface area (Å²) in [6, 6.07) is 4.84. The van der Waals surface area contributed by atoms with Gasteiger partial charge in [-0.25, -0.2) is 0 Å². The third-order valence-electron chi connectivity index (χ3n) is 4.56. The monoisotopic (exact) mass is 488 g/mol. The predicted octanol–water partition coefficient (Wildman–Crippen LogP) is 3.24. The molecule has 0 unspecified atom stereocenters. The van der Waals surface area contributed by atoms with Crippen molar-refractivity contribution >= 4 is 41.3 Å². The number of aromatic nitrogens is 3. The molecule has 0 bridgehead atoms. The van der Waals surface area contributed by atoms with E-state index >= 15 is 0 Å². The first-order valence-electron chi connectivity index (χ1n) is 9.29. The lowest BCUT2D eigenvalue weighted by atomic mass is 10.2. The number of guanidine groups is 1. The van der Waals surface area contributed by atoms with E-state index in [4.69, 9.17) is 4.99 Å². The van der Waals surface area contributed by atoms with Crippen LogP contribution in [0.1, 0.15) is 43.3 Å². The fraction of sp³-hybridized carbons (Fsp3) is 0.611. The highest BCUT2D eigenvalue weighted by Crippen LogP contribution is 2.17. The maximum Gasteiger partial charge on any atom is 0.191 e. The average Bonchev–Trinajstić information content (AvgIpc) is 3.37. The number of aliphatic imine (C=N–C) groups is 1. The van der Waals surface area contributed by atoms with Crippen molar-refractivity contribution in [3.63, 3.8) is 0 Å². The molecule has 1 aliphatic carbocycles. The van der Waals surface area contributed by atoms with E-state index in [0.29, 0.717) is 6.04 Å². The molecule has 0 spiro atoms. The van der Waals surface area contributed by atoms with Gasteiger partial charge in [0, 0.05) is 43.4 Å². The molecule has 2 aromatic rings. The van der Waals surface area contributed by atoms with E-state index in [9.17, 15) is 0 Å². The molecule has 1 fully saturated rings. The molecule has 144 valence electrons. The van der Waals surface area contributed by atoms with E-state index in [1.807, 2.05) is 0 Å². The predicted molar refractivity (Wildman–Crippen MR) is 119 cm³/mol. The van der Waals surface area contributed by atoms with Gasteiger partial charge in [-0.2, -0.15) is 0 Å². The Morgan fingerprint density at radius 3 is 2.96 bits per heavy atom. The molecule has 6 nitrogen and oxygen atoms in total. The van der Waals surface area contributed by atoms with Crippen LogP contribution in [-0.4, -0.2) is 39.9 Å². The number of hydrogen-bond acceptors (Lipinski definition) is 4. The van der Waals surface area contributed by atoms with Gasteiger partial charge in [0.25, 0.3) is 0 Å². The molecule has 2 N–H and O–H groups in total.